The number of nitrogens with one attached hydrogen (secondary N) is 1. The molecule has 0 radical (unpaired) electrons. The molecule has 0 spiro atoms. The third kappa shape index (κ3) is 11.2. The SMILES string of the molecule is C.C=C1CN2C=CC=CN2N=N1.C=C1N=C2N=CC=NC2NO1.CC1=NN2C=CC=CN2N=N1.CC1N=c2nccnc2=NO1.OC1CN=c2nccnc2=N1. The minimum absolute atomic E-state index is 0. The van der Waals surface area contributed by atoms with E-state index in [4.69, 9.17) is 14.8 Å². The first-order valence-corrected chi connectivity index (χ1v) is 16.2. The van der Waals surface area contributed by atoms with Gasteiger partial charge in [0.2, 0.25) is 17.6 Å². The van der Waals surface area contributed by atoms with Crippen molar-refractivity contribution < 1.29 is 14.8 Å². The van der Waals surface area contributed by atoms with Crippen molar-refractivity contribution in [2.24, 2.45) is 60.9 Å². The first-order valence-electron chi connectivity index (χ1n) is 16.2. The van der Waals surface area contributed by atoms with E-state index in [1.54, 1.807) is 66.4 Å². The molecule has 288 valence electrons. The number of hydrazine groups is 2. The molecular formula is C32H37N21O3. The zero-order valence-electron chi connectivity index (χ0n) is 29.4. The van der Waals surface area contributed by atoms with E-state index >= 15 is 0 Å². The van der Waals surface area contributed by atoms with Crippen LogP contribution in [0.1, 0.15) is 21.3 Å². The van der Waals surface area contributed by atoms with Gasteiger partial charge in [0, 0.05) is 55.8 Å². The lowest BCUT2D eigenvalue weighted by Gasteiger charge is -2.31. The highest BCUT2D eigenvalue weighted by atomic mass is 16.7. The molecule has 2 aromatic rings. The molecule has 0 amide bonds. The van der Waals surface area contributed by atoms with Crippen molar-refractivity contribution in [2.75, 3.05) is 13.1 Å². The number of aliphatic hydroxyl groups is 1. The third-order valence-electron chi connectivity index (χ3n) is 6.64. The lowest BCUT2D eigenvalue weighted by atomic mass is 10.4. The van der Waals surface area contributed by atoms with Crippen LogP contribution in [0.15, 0.2) is 160 Å². The highest BCUT2D eigenvalue weighted by Crippen LogP contribution is 2.16. The predicted molar refractivity (Wildman–Crippen MR) is 199 cm³/mol. The predicted octanol–water partition coefficient (Wildman–Crippen LogP) is 0.265. The zero-order chi connectivity index (χ0) is 38.4. The van der Waals surface area contributed by atoms with Gasteiger partial charge in [-0.1, -0.05) is 19.2 Å². The van der Waals surface area contributed by atoms with Crippen molar-refractivity contribution in [1.82, 2.24) is 45.8 Å². The normalized spacial score (nSPS) is 21.7. The minimum atomic E-state index is -0.751. The highest BCUT2D eigenvalue weighted by molar-refractivity contribution is 6.22. The number of aromatic nitrogens is 4. The van der Waals surface area contributed by atoms with Crippen molar-refractivity contribution in [2.45, 2.75) is 39.9 Å². The van der Waals surface area contributed by atoms with Gasteiger partial charge in [-0.3, -0.25) is 15.0 Å². The second-order valence-corrected chi connectivity index (χ2v) is 10.9. The number of nitrogens with zero attached hydrogens (tertiary/aromatic N) is 20. The molecule has 10 heterocycles. The molecule has 0 saturated heterocycles. The first-order chi connectivity index (χ1) is 26.8. The minimum Gasteiger partial charge on any atom is -0.386 e. The molecule has 8 aliphatic heterocycles. The molecule has 24 nitrogen and oxygen atoms in total. The van der Waals surface area contributed by atoms with Gasteiger partial charge in [-0.05, 0) is 55.2 Å². The van der Waals surface area contributed by atoms with Gasteiger partial charge in [-0.15, -0.1) is 25.9 Å². The maximum atomic E-state index is 9.03. The van der Waals surface area contributed by atoms with Crippen LogP contribution < -0.4 is 27.4 Å². The maximum absolute atomic E-state index is 9.03. The Labute approximate surface area is 318 Å². The van der Waals surface area contributed by atoms with E-state index in [2.05, 4.69) is 99.5 Å². The molecule has 3 atom stereocenters. The van der Waals surface area contributed by atoms with Crippen molar-refractivity contribution in [1.29, 1.82) is 0 Å². The highest BCUT2D eigenvalue weighted by Gasteiger charge is 2.21. The number of rotatable bonds is 0. The number of aliphatic imine (C=N–C) groups is 3. The topological polar surface area (TPSA) is 264 Å². The van der Waals surface area contributed by atoms with E-state index in [-0.39, 0.29) is 26.4 Å². The zero-order valence-corrected chi connectivity index (χ0v) is 29.4. The molecule has 0 aromatic carbocycles. The number of hydrogen-bond acceptors (Lipinski definition) is 24. The average Bonchev–Trinajstić information content (AvgIpc) is 3.21. The van der Waals surface area contributed by atoms with Crippen molar-refractivity contribution in [3.8, 4) is 0 Å². The summed E-state index contributed by atoms with van der Waals surface area (Å²) in [6.45, 7) is 11.8. The summed E-state index contributed by atoms with van der Waals surface area (Å²) in [6, 6.07) is 0. The number of hydrazone groups is 1. The van der Waals surface area contributed by atoms with Crippen LogP contribution in [-0.4, -0.2) is 101 Å². The van der Waals surface area contributed by atoms with Gasteiger partial charge in [0.05, 0.1) is 25.0 Å². The van der Waals surface area contributed by atoms with Gasteiger partial charge < -0.3 is 14.8 Å². The van der Waals surface area contributed by atoms with E-state index in [0.717, 1.165) is 5.70 Å². The summed E-state index contributed by atoms with van der Waals surface area (Å²) in [5, 5.41) is 38.9. The second kappa shape index (κ2) is 19.5. The first kappa shape index (κ1) is 39.6. The van der Waals surface area contributed by atoms with E-state index in [1.165, 1.54) is 6.20 Å². The fourth-order valence-electron chi connectivity index (χ4n) is 4.28. The Morgan fingerprint density at radius 3 is 2.25 bits per heavy atom. The molecule has 2 N–H and O–H groups in total. The van der Waals surface area contributed by atoms with Gasteiger partial charge >= 0.3 is 0 Å². The van der Waals surface area contributed by atoms with Gasteiger partial charge in [0.15, 0.2) is 40.5 Å². The molecule has 0 saturated carbocycles. The summed E-state index contributed by atoms with van der Waals surface area (Å²) in [7, 11) is 0. The van der Waals surface area contributed by atoms with Crippen LogP contribution in [0.3, 0.4) is 0 Å². The lowest BCUT2D eigenvalue weighted by Crippen LogP contribution is -2.39. The van der Waals surface area contributed by atoms with Crippen LogP contribution in [0.4, 0.5) is 0 Å². The van der Waals surface area contributed by atoms with Gasteiger partial charge in [-0.2, -0.15) is 15.2 Å². The number of hydroxylamine groups is 1. The summed E-state index contributed by atoms with van der Waals surface area (Å²) in [6.07, 6.45) is 23.1. The molecule has 0 bridgehead atoms. The number of allylic oxidation sites excluding steroid dienone is 4. The maximum Gasteiger partial charge on any atom is 0.236 e. The average molecular weight is 764 g/mol. The fraction of sp³-hybridized carbons (Fsp3) is 0.250. The van der Waals surface area contributed by atoms with Gasteiger partial charge in [0.25, 0.3) is 0 Å². The monoisotopic (exact) mass is 763 g/mol. The smallest absolute Gasteiger partial charge is 0.236 e. The van der Waals surface area contributed by atoms with Crippen LogP contribution in [0.25, 0.3) is 0 Å². The molecule has 8 aliphatic rings. The summed E-state index contributed by atoms with van der Waals surface area (Å²) in [5.41, 5.74) is 5.34. The van der Waals surface area contributed by atoms with Crippen molar-refractivity contribution in [3.63, 3.8) is 0 Å². The molecule has 56 heavy (non-hydrogen) atoms. The van der Waals surface area contributed by atoms with E-state index in [0.29, 0.717) is 46.0 Å². The molecule has 3 unspecified atom stereocenters. The second-order valence-electron chi connectivity index (χ2n) is 10.9. The largest absolute Gasteiger partial charge is 0.386 e. The van der Waals surface area contributed by atoms with E-state index in [9.17, 15) is 0 Å². The van der Waals surface area contributed by atoms with E-state index < -0.39 is 6.23 Å². The summed E-state index contributed by atoms with van der Waals surface area (Å²) >= 11 is 0. The van der Waals surface area contributed by atoms with Gasteiger partial charge in [0.1, 0.15) is 0 Å². The standard InChI is InChI=1S/C7H8N4.C6H7N5.3C6H6N4O.CH4/c1-7-6-10-4-2-3-5-11(10)9-8-7;1-6-7-9-11-5-3-2-4-10(11)8-6;2*1-4-9-5-6(10-11-4)8-3-2-7-5;11-4-3-9-5-6(10-4)8-2-1-7-5;/h2-5H,1,6H2;2-5H,1H3;2-4H,1H3;2-3,6,10H,1H2;1-2,4,11H,3H2;1H4. The Hall–Kier alpha value is -7.60. The molecule has 2 aromatic heterocycles. The Kier molecular flexibility index (Phi) is 13.8. The van der Waals surface area contributed by atoms with Crippen LogP contribution in [-0.2, 0) is 9.68 Å². The van der Waals surface area contributed by atoms with Crippen molar-refractivity contribution in [3.05, 3.63) is 121 Å². The van der Waals surface area contributed by atoms with Crippen LogP contribution in [0, 0.1) is 0 Å². The quantitative estimate of drug-likeness (QED) is 0.366. The fourth-order valence-corrected chi connectivity index (χ4v) is 4.28. The van der Waals surface area contributed by atoms with E-state index in [1.807, 2.05) is 47.9 Å². The van der Waals surface area contributed by atoms with Crippen LogP contribution in [0.2, 0.25) is 0 Å². The Morgan fingerprint density at radius 2 is 1.46 bits per heavy atom. The Bertz CT molecular complexity index is 2230. The molecule has 0 fully saturated rings. The Morgan fingerprint density at radius 1 is 0.804 bits per heavy atom. The Balaban J connectivity index is 0.000000133. The number of fused-ring (bicyclic) bond motifs is 5. The van der Waals surface area contributed by atoms with Crippen LogP contribution in [0.5, 0.6) is 0 Å². The number of hydrogen-bond donors (Lipinski definition) is 2. The van der Waals surface area contributed by atoms with Crippen LogP contribution >= 0.6 is 0 Å². The molecule has 10 rings (SSSR count). The third-order valence-corrected chi connectivity index (χ3v) is 6.64. The molecule has 24 heteroatoms. The summed E-state index contributed by atoms with van der Waals surface area (Å²) in [5.74, 6) is 1.55. The number of aliphatic hydroxyl groups excluding tert-OH is 1. The molecular weight excluding hydrogens is 726 g/mol. The molecule has 0 aliphatic carbocycles. The summed E-state index contributed by atoms with van der Waals surface area (Å²) in [4.78, 5) is 49.1. The number of amidine groups is 2. The summed E-state index contributed by atoms with van der Waals surface area (Å²) < 4.78 is 0. The lowest BCUT2D eigenvalue weighted by molar-refractivity contribution is 0.0566. The van der Waals surface area contributed by atoms with Gasteiger partial charge in [-0.25, -0.2) is 34.9 Å². The van der Waals surface area contributed by atoms with Crippen molar-refractivity contribution >= 4 is 24.1 Å².